The molecule has 1 heterocycles. The van der Waals surface area contributed by atoms with Gasteiger partial charge in [0, 0.05) is 24.2 Å². The molecule has 3 heteroatoms. The third-order valence-electron chi connectivity index (χ3n) is 2.67. The van der Waals surface area contributed by atoms with E-state index in [1.165, 1.54) is 16.8 Å². The first-order valence-electron chi connectivity index (χ1n) is 5.55. The highest BCUT2D eigenvalue weighted by Crippen LogP contribution is 2.20. The molecule has 2 N–H and O–H groups in total. The summed E-state index contributed by atoms with van der Waals surface area (Å²) < 4.78 is 0. The van der Waals surface area contributed by atoms with Crippen LogP contribution in [0.5, 0.6) is 0 Å². The largest absolute Gasteiger partial charge is 0.348 e. The summed E-state index contributed by atoms with van der Waals surface area (Å²) in [6.07, 6.45) is 2.74. The molecule has 0 atom stereocenters. The van der Waals surface area contributed by atoms with Crippen LogP contribution in [0.25, 0.3) is 11.3 Å². The minimum absolute atomic E-state index is 0.959. The lowest BCUT2D eigenvalue weighted by Gasteiger charge is -2.03. The van der Waals surface area contributed by atoms with E-state index in [1.54, 1.807) is 6.33 Å². The Bertz CT molecular complexity index is 442. The van der Waals surface area contributed by atoms with Gasteiger partial charge >= 0.3 is 0 Å². The molecule has 0 spiro atoms. The number of hydrogen-bond donors (Lipinski definition) is 2. The predicted octanol–water partition coefficient (Wildman–Crippen LogP) is 2.15. The van der Waals surface area contributed by atoms with Crippen LogP contribution in [0.15, 0.2) is 30.6 Å². The fraction of sp³-hybridized carbons (Fsp3) is 0.308. The molecule has 0 amide bonds. The summed E-state index contributed by atoms with van der Waals surface area (Å²) in [6, 6.07) is 8.47. The van der Waals surface area contributed by atoms with Crippen LogP contribution in [0.2, 0.25) is 0 Å². The molecule has 2 rings (SSSR count). The lowest BCUT2D eigenvalue weighted by molar-refractivity contribution is 0.781. The van der Waals surface area contributed by atoms with Gasteiger partial charge < -0.3 is 10.3 Å². The third-order valence-corrected chi connectivity index (χ3v) is 2.67. The summed E-state index contributed by atoms with van der Waals surface area (Å²) >= 11 is 0. The molecule has 0 aliphatic heterocycles. The van der Waals surface area contributed by atoms with E-state index in [9.17, 15) is 0 Å². The van der Waals surface area contributed by atoms with Crippen molar-refractivity contribution >= 4 is 0 Å². The van der Waals surface area contributed by atoms with E-state index in [-0.39, 0.29) is 0 Å². The summed E-state index contributed by atoms with van der Waals surface area (Å²) in [4.78, 5) is 7.59. The van der Waals surface area contributed by atoms with Gasteiger partial charge in [0.1, 0.15) is 0 Å². The Morgan fingerprint density at radius 3 is 2.69 bits per heavy atom. The van der Waals surface area contributed by atoms with Gasteiger partial charge in [-0.25, -0.2) is 4.98 Å². The van der Waals surface area contributed by atoms with Crippen molar-refractivity contribution in [3.05, 3.63) is 41.9 Å². The molecule has 0 bridgehead atoms. The van der Waals surface area contributed by atoms with E-state index in [1.807, 2.05) is 7.05 Å². The zero-order valence-corrected chi connectivity index (χ0v) is 9.75. The molecule has 0 fully saturated rings. The Balaban J connectivity index is 2.26. The summed E-state index contributed by atoms with van der Waals surface area (Å²) in [5, 5.41) is 3.15. The maximum Gasteiger partial charge on any atom is 0.0929 e. The van der Waals surface area contributed by atoms with Crippen molar-refractivity contribution in [2.45, 2.75) is 13.3 Å². The minimum atomic E-state index is 0.959. The van der Waals surface area contributed by atoms with Crippen molar-refractivity contribution in [1.29, 1.82) is 0 Å². The minimum Gasteiger partial charge on any atom is -0.348 e. The number of imidazole rings is 1. The average Bonchev–Trinajstić information content (AvgIpc) is 2.75. The lowest BCUT2D eigenvalue weighted by Crippen LogP contribution is -2.11. The van der Waals surface area contributed by atoms with Crippen LogP contribution in [0.1, 0.15) is 11.3 Å². The highest BCUT2D eigenvalue weighted by molar-refractivity contribution is 5.62. The zero-order valence-electron chi connectivity index (χ0n) is 9.75. The van der Waals surface area contributed by atoms with Crippen LogP contribution >= 0.6 is 0 Å². The first-order valence-corrected chi connectivity index (χ1v) is 5.55. The maximum atomic E-state index is 4.39. The number of benzene rings is 1. The number of likely N-dealkylation sites (N-methyl/N-ethyl adjacent to an activating group) is 1. The van der Waals surface area contributed by atoms with Gasteiger partial charge in [-0.3, -0.25) is 0 Å². The van der Waals surface area contributed by atoms with Gasteiger partial charge in [0.2, 0.25) is 0 Å². The Morgan fingerprint density at radius 2 is 2.00 bits per heavy atom. The van der Waals surface area contributed by atoms with Gasteiger partial charge in [0.15, 0.2) is 0 Å². The highest BCUT2D eigenvalue weighted by Gasteiger charge is 2.06. The van der Waals surface area contributed by atoms with E-state index in [2.05, 4.69) is 46.5 Å². The van der Waals surface area contributed by atoms with Crippen molar-refractivity contribution in [2.75, 3.05) is 13.6 Å². The SMILES string of the molecule is CNCCc1[nH]cnc1-c1ccc(C)cc1. The third kappa shape index (κ3) is 2.31. The molecule has 0 saturated heterocycles. The molecular weight excluding hydrogens is 198 g/mol. The van der Waals surface area contributed by atoms with Gasteiger partial charge in [-0.2, -0.15) is 0 Å². The van der Waals surface area contributed by atoms with Crippen molar-refractivity contribution in [3.63, 3.8) is 0 Å². The Morgan fingerprint density at radius 1 is 1.25 bits per heavy atom. The quantitative estimate of drug-likeness (QED) is 0.820. The van der Waals surface area contributed by atoms with Crippen LogP contribution in [-0.2, 0) is 6.42 Å². The average molecular weight is 215 g/mol. The number of aromatic nitrogens is 2. The second kappa shape index (κ2) is 4.94. The van der Waals surface area contributed by atoms with Gasteiger partial charge in [-0.05, 0) is 14.0 Å². The first kappa shape index (κ1) is 10.9. The smallest absolute Gasteiger partial charge is 0.0929 e. The standard InChI is InChI=1S/C13H17N3/c1-10-3-5-11(6-4-10)13-12(7-8-14-2)15-9-16-13/h3-6,9,14H,7-8H2,1-2H3,(H,15,16). The van der Waals surface area contributed by atoms with Crippen LogP contribution in [0, 0.1) is 6.92 Å². The number of aryl methyl sites for hydroxylation is 1. The molecule has 0 unspecified atom stereocenters. The van der Waals surface area contributed by atoms with E-state index < -0.39 is 0 Å². The van der Waals surface area contributed by atoms with Gasteiger partial charge in [-0.1, -0.05) is 29.8 Å². The number of nitrogens with zero attached hydrogens (tertiary/aromatic N) is 1. The van der Waals surface area contributed by atoms with E-state index in [0.717, 1.165) is 18.7 Å². The van der Waals surface area contributed by atoms with Gasteiger partial charge in [0.25, 0.3) is 0 Å². The van der Waals surface area contributed by atoms with Crippen molar-refractivity contribution in [2.24, 2.45) is 0 Å². The monoisotopic (exact) mass is 215 g/mol. The molecule has 1 aromatic heterocycles. The second-order valence-electron chi connectivity index (χ2n) is 3.95. The molecule has 0 aliphatic rings. The highest BCUT2D eigenvalue weighted by atomic mass is 14.9. The number of nitrogens with one attached hydrogen (secondary N) is 2. The van der Waals surface area contributed by atoms with Crippen LogP contribution < -0.4 is 5.32 Å². The summed E-state index contributed by atoms with van der Waals surface area (Å²) in [5.41, 5.74) is 4.71. The predicted molar refractivity (Wildman–Crippen MR) is 66.4 cm³/mol. The molecule has 3 nitrogen and oxygen atoms in total. The lowest BCUT2D eigenvalue weighted by atomic mass is 10.1. The van der Waals surface area contributed by atoms with Crippen LogP contribution in [0.4, 0.5) is 0 Å². The van der Waals surface area contributed by atoms with Gasteiger partial charge in [0.05, 0.1) is 12.0 Å². The molecule has 0 saturated carbocycles. The molecule has 0 radical (unpaired) electrons. The Hall–Kier alpha value is -1.61. The van der Waals surface area contributed by atoms with E-state index in [0.29, 0.717) is 0 Å². The molecule has 16 heavy (non-hydrogen) atoms. The molecule has 84 valence electrons. The Labute approximate surface area is 95.9 Å². The molecular formula is C13H17N3. The molecule has 2 aromatic rings. The zero-order chi connectivity index (χ0) is 11.4. The number of H-pyrrole nitrogens is 1. The van der Waals surface area contributed by atoms with E-state index in [4.69, 9.17) is 0 Å². The number of hydrogen-bond acceptors (Lipinski definition) is 2. The normalized spacial score (nSPS) is 10.6. The molecule has 1 aromatic carbocycles. The molecule has 0 aliphatic carbocycles. The fourth-order valence-electron chi connectivity index (χ4n) is 1.72. The second-order valence-corrected chi connectivity index (χ2v) is 3.95. The van der Waals surface area contributed by atoms with Crippen molar-refractivity contribution in [1.82, 2.24) is 15.3 Å². The van der Waals surface area contributed by atoms with E-state index >= 15 is 0 Å². The topological polar surface area (TPSA) is 40.7 Å². The summed E-state index contributed by atoms with van der Waals surface area (Å²) in [7, 11) is 1.96. The van der Waals surface area contributed by atoms with Gasteiger partial charge in [-0.15, -0.1) is 0 Å². The summed E-state index contributed by atoms with van der Waals surface area (Å²) in [6.45, 7) is 3.05. The summed E-state index contributed by atoms with van der Waals surface area (Å²) in [5.74, 6) is 0. The van der Waals surface area contributed by atoms with Crippen molar-refractivity contribution < 1.29 is 0 Å². The first-order chi connectivity index (χ1) is 7.81. The Kier molecular flexibility index (Phi) is 3.37. The fourth-order valence-corrected chi connectivity index (χ4v) is 1.72. The van der Waals surface area contributed by atoms with Crippen molar-refractivity contribution in [3.8, 4) is 11.3 Å². The number of rotatable bonds is 4. The maximum absolute atomic E-state index is 4.39. The van der Waals surface area contributed by atoms with Crippen LogP contribution in [-0.4, -0.2) is 23.6 Å². The number of aromatic amines is 1. The van der Waals surface area contributed by atoms with Crippen LogP contribution in [0.3, 0.4) is 0 Å².